The third-order valence-electron chi connectivity index (χ3n) is 1.59. The predicted molar refractivity (Wildman–Crippen MR) is 50.6 cm³/mol. The normalized spacial score (nSPS) is 11.8. The number of hydrogen-bond donors (Lipinski definition) is 1. The molecule has 0 aliphatic carbocycles. The largest absolute Gasteiger partial charge is 0.342 e. The molecule has 0 aromatic heterocycles. The zero-order chi connectivity index (χ0) is 9.40. The van der Waals surface area contributed by atoms with E-state index in [1.807, 2.05) is 6.92 Å². The van der Waals surface area contributed by atoms with Gasteiger partial charge in [-0.15, -0.1) is 6.42 Å². The maximum Gasteiger partial charge on any atom is 0.220 e. The first kappa shape index (κ1) is 11.0. The average Bonchev–Trinajstić information content (AvgIpc) is 2.04. The van der Waals surface area contributed by atoms with Crippen molar-refractivity contribution in [2.24, 2.45) is 0 Å². The summed E-state index contributed by atoms with van der Waals surface area (Å²) in [6, 6.07) is -0.0750. The number of carbonyl (C=O) groups is 1. The van der Waals surface area contributed by atoms with Gasteiger partial charge in [-0.1, -0.05) is 26.2 Å². The highest BCUT2D eigenvalue weighted by Crippen LogP contribution is 1.96. The van der Waals surface area contributed by atoms with E-state index in [0.717, 1.165) is 19.3 Å². The van der Waals surface area contributed by atoms with Crippen LogP contribution in [0.25, 0.3) is 0 Å². The highest BCUT2D eigenvalue weighted by Gasteiger charge is 2.06. The van der Waals surface area contributed by atoms with E-state index in [-0.39, 0.29) is 11.9 Å². The Labute approximate surface area is 74.7 Å². The quantitative estimate of drug-likeness (QED) is 0.620. The van der Waals surface area contributed by atoms with E-state index in [0.29, 0.717) is 6.42 Å². The van der Waals surface area contributed by atoms with Gasteiger partial charge in [0.15, 0.2) is 0 Å². The molecule has 0 spiro atoms. The van der Waals surface area contributed by atoms with Crippen molar-refractivity contribution in [2.45, 2.75) is 45.6 Å². The van der Waals surface area contributed by atoms with Crippen molar-refractivity contribution in [2.75, 3.05) is 0 Å². The van der Waals surface area contributed by atoms with Crippen LogP contribution in [0.5, 0.6) is 0 Å². The number of terminal acetylenes is 1. The van der Waals surface area contributed by atoms with E-state index in [4.69, 9.17) is 6.42 Å². The summed E-state index contributed by atoms with van der Waals surface area (Å²) in [4.78, 5) is 11.1. The minimum Gasteiger partial charge on any atom is -0.342 e. The molecule has 0 saturated carbocycles. The minimum atomic E-state index is -0.0750. The molecule has 68 valence electrons. The van der Waals surface area contributed by atoms with Gasteiger partial charge in [-0.2, -0.15) is 0 Å². The fraction of sp³-hybridized carbons (Fsp3) is 0.700. The molecule has 0 rings (SSSR count). The van der Waals surface area contributed by atoms with E-state index >= 15 is 0 Å². The van der Waals surface area contributed by atoms with Crippen LogP contribution in [-0.4, -0.2) is 11.9 Å². The predicted octanol–water partition coefficient (Wildman–Crippen LogP) is 1.70. The Kier molecular flexibility index (Phi) is 6.18. The molecule has 2 nitrogen and oxygen atoms in total. The smallest absolute Gasteiger partial charge is 0.220 e. The van der Waals surface area contributed by atoms with Crippen LogP contribution in [0.3, 0.4) is 0 Å². The highest BCUT2D eigenvalue weighted by atomic mass is 16.1. The van der Waals surface area contributed by atoms with Crippen molar-refractivity contribution in [1.82, 2.24) is 5.32 Å². The van der Waals surface area contributed by atoms with Gasteiger partial charge >= 0.3 is 0 Å². The van der Waals surface area contributed by atoms with Crippen LogP contribution >= 0.6 is 0 Å². The summed E-state index contributed by atoms with van der Waals surface area (Å²) in [5.74, 6) is 2.62. The van der Waals surface area contributed by atoms with Gasteiger partial charge in [-0.3, -0.25) is 4.79 Å². The Balaban J connectivity index is 3.71. The van der Waals surface area contributed by atoms with E-state index in [1.54, 1.807) is 0 Å². The van der Waals surface area contributed by atoms with E-state index in [2.05, 4.69) is 18.2 Å². The molecule has 0 aromatic rings. The Bertz CT molecular complexity index is 169. The van der Waals surface area contributed by atoms with Crippen molar-refractivity contribution in [3.63, 3.8) is 0 Å². The molecule has 0 bridgehead atoms. The second-order valence-corrected chi connectivity index (χ2v) is 2.83. The second kappa shape index (κ2) is 6.72. The van der Waals surface area contributed by atoms with Gasteiger partial charge in [-0.05, 0) is 12.8 Å². The van der Waals surface area contributed by atoms with Crippen molar-refractivity contribution in [3.8, 4) is 12.3 Å². The summed E-state index contributed by atoms with van der Waals surface area (Å²) in [6.45, 7) is 4.03. The van der Waals surface area contributed by atoms with Crippen LogP contribution in [0, 0.1) is 12.3 Å². The lowest BCUT2D eigenvalue weighted by Crippen LogP contribution is -2.33. The molecule has 0 aromatic carbocycles. The van der Waals surface area contributed by atoms with Crippen molar-refractivity contribution < 1.29 is 4.79 Å². The number of amides is 1. The third-order valence-corrected chi connectivity index (χ3v) is 1.59. The summed E-state index contributed by atoms with van der Waals surface area (Å²) in [7, 11) is 0. The zero-order valence-electron chi connectivity index (χ0n) is 7.89. The van der Waals surface area contributed by atoms with Crippen LogP contribution in [0.15, 0.2) is 0 Å². The Morgan fingerprint density at radius 3 is 2.58 bits per heavy atom. The van der Waals surface area contributed by atoms with Gasteiger partial charge in [0.05, 0.1) is 6.04 Å². The lowest BCUT2D eigenvalue weighted by Gasteiger charge is -2.10. The first-order valence-electron chi connectivity index (χ1n) is 4.50. The van der Waals surface area contributed by atoms with Crippen LogP contribution in [0.1, 0.15) is 39.5 Å². The molecule has 1 amide bonds. The molecule has 0 heterocycles. The number of hydrogen-bond acceptors (Lipinski definition) is 1. The number of rotatable bonds is 5. The maximum atomic E-state index is 11.1. The molecular weight excluding hydrogens is 150 g/mol. The second-order valence-electron chi connectivity index (χ2n) is 2.83. The van der Waals surface area contributed by atoms with Gasteiger partial charge in [0.1, 0.15) is 0 Å². The molecule has 1 N–H and O–H groups in total. The maximum absolute atomic E-state index is 11.1. The lowest BCUT2D eigenvalue weighted by molar-refractivity contribution is -0.121. The van der Waals surface area contributed by atoms with Crippen molar-refractivity contribution in [3.05, 3.63) is 0 Å². The summed E-state index contributed by atoms with van der Waals surface area (Å²) in [5, 5.41) is 2.79. The molecule has 1 unspecified atom stereocenters. The van der Waals surface area contributed by atoms with E-state index in [9.17, 15) is 4.79 Å². The SMILES string of the molecule is C#CC(CCC)NC(=O)CCC. The first-order valence-corrected chi connectivity index (χ1v) is 4.50. The molecular formula is C10H17NO. The average molecular weight is 167 g/mol. The Morgan fingerprint density at radius 2 is 2.17 bits per heavy atom. The monoisotopic (exact) mass is 167 g/mol. The molecule has 0 fully saturated rings. The zero-order valence-corrected chi connectivity index (χ0v) is 7.89. The minimum absolute atomic E-state index is 0.0638. The van der Waals surface area contributed by atoms with E-state index < -0.39 is 0 Å². The molecule has 0 radical (unpaired) electrons. The van der Waals surface area contributed by atoms with Crippen molar-refractivity contribution >= 4 is 5.91 Å². The molecule has 2 heteroatoms. The summed E-state index contributed by atoms with van der Waals surface area (Å²) in [5.41, 5.74) is 0. The molecule has 12 heavy (non-hydrogen) atoms. The fourth-order valence-electron chi connectivity index (χ4n) is 0.979. The molecule has 0 aliphatic heterocycles. The summed E-state index contributed by atoms with van der Waals surface area (Å²) in [6.07, 6.45) is 8.55. The van der Waals surface area contributed by atoms with Gasteiger partial charge in [0.25, 0.3) is 0 Å². The van der Waals surface area contributed by atoms with Gasteiger partial charge in [0.2, 0.25) is 5.91 Å². The fourth-order valence-corrected chi connectivity index (χ4v) is 0.979. The van der Waals surface area contributed by atoms with Crippen LogP contribution in [0.2, 0.25) is 0 Å². The molecule has 1 atom stereocenters. The topological polar surface area (TPSA) is 29.1 Å². The lowest BCUT2D eigenvalue weighted by atomic mass is 10.1. The van der Waals surface area contributed by atoms with Crippen molar-refractivity contribution in [1.29, 1.82) is 0 Å². The highest BCUT2D eigenvalue weighted by molar-refractivity contribution is 5.76. The number of carbonyl (C=O) groups excluding carboxylic acids is 1. The van der Waals surface area contributed by atoms with Crippen LogP contribution in [0.4, 0.5) is 0 Å². The summed E-state index contributed by atoms with van der Waals surface area (Å²) < 4.78 is 0. The Morgan fingerprint density at radius 1 is 1.50 bits per heavy atom. The third kappa shape index (κ3) is 4.79. The van der Waals surface area contributed by atoms with Gasteiger partial charge in [0, 0.05) is 6.42 Å². The Hall–Kier alpha value is -0.970. The molecule has 0 aliphatic rings. The first-order chi connectivity index (χ1) is 5.74. The van der Waals surface area contributed by atoms with Gasteiger partial charge in [-0.25, -0.2) is 0 Å². The number of nitrogens with one attached hydrogen (secondary N) is 1. The standard InChI is InChI=1S/C10H17NO/c1-4-7-9(6-3)11-10(12)8-5-2/h3,9H,4-5,7-8H2,1-2H3,(H,11,12). The van der Waals surface area contributed by atoms with E-state index in [1.165, 1.54) is 0 Å². The van der Waals surface area contributed by atoms with Crippen LogP contribution < -0.4 is 5.32 Å². The van der Waals surface area contributed by atoms with Gasteiger partial charge < -0.3 is 5.32 Å². The van der Waals surface area contributed by atoms with Crippen LogP contribution in [-0.2, 0) is 4.79 Å². The molecule has 0 saturated heterocycles. The summed E-state index contributed by atoms with van der Waals surface area (Å²) >= 11 is 0.